The zero-order valence-electron chi connectivity index (χ0n) is 21.5. The monoisotopic (exact) mass is 508 g/mol. The summed E-state index contributed by atoms with van der Waals surface area (Å²) in [6, 6.07) is -0.778. The first-order valence-corrected chi connectivity index (χ1v) is 12.4. The molecule has 2 atom stereocenters. The van der Waals surface area contributed by atoms with Crippen LogP contribution in [0.15, 0.2) is 11.8 Å². The Morgan fingerprint density at radius 2 is 1.14 bits per heavy atom. The number of primary amides is 3. The van der Waals surface area contributed by atoms with Gasteiger partial charge < -0.3 is 31.9 Å². The zero-order valence-corrected chi connectivity index (χ0v) is 21.5. The van der Waals surface area contributed by atoms with Crippen molar-refractivity contribution in [1.29, 1.82) is 0 Å². The first-order valence-electron chi connectivity index (χ1n) is 12.4. The van der Waals surface area contributed by atoms with Crippen LogP contribution in [0.1, 0.15) is 72.1 Å². The molecule has 0 bridgehead atoms. The summed E-state index contributed by atoms with van der Waals surface area (Å²) in [7, 11) is 0. The fraction of sp³-hybridized carbons (Fsp3) is 0.667. The van der Waals surface area contributed by atoms with Gasteiger partial charge in [-0.25, -0.2) is 0 Å². The van der Waals surface area contributed by atoms with E-state index >= 15 is 0 Å². The van der Waals surface area contributed by atoms with Gasteiger partial charge in [0, 0.05) is 38.9 Å². The van der Waals surface area contributed by atoms with Gasteiger partial charge in [0.25, 0.3) is 5.91 Å². The highest BCUT2D eigenvalue weighted by atomic mass is 16.2. The highest BCUT2D eigenvalue weighted by molar-refractivity contribution is 5.96. The van der Waals surface area contributed by atoms with Crippen molar-refractivity contribution in [2.24, 2.45) is 17.2 Å². The number of hydrogen-bond donors (Lipinski definition) is 3. The minimum Gasteiger partial charge on any atom is -0.368 e. The molecule has 3 aliphatic heterocycles. The number of amides is 6. The maximum Gasteiger partial charge on any atom is 0.265 e. The van der Waals surface area contributed by atoms with Gasteiger partial charge in [-0.15, -0.1) is 0 Å². The fourth-order valence-electron chi connectivity index (χ4n) is 4.48. The number of hydrogen-bond acceptors (Lipinski definition) is 6. The van der Waals surface area contributed by atoms with Gasteiger partial charge in [0.05, 0.1) is 0 Å². The van der Waals surface area contributed by atoms with E-state index in [2.05, 4.69) is 0 Å². The molecule has 3 aliphatic rings. The maximum absolute atomic E-state index is 11.2. The number of rotatable bonds is 8. The molecule has 0 saturated carbocycles. The van der Waals surface area contributed by atoms with Gasteiger partial charge in [-0.3, -0.25) is 28.8 Å². The van der Waals surface area contributed by atoms with Crippen molar-refractivity contribution in [2.45, 2.75) is 84.2 Å². The predicted molar refractivity (Wildman–Crippen MR) is 132 cm³/mol. The quantitative estimate of drug-likeness (QED) is 0.378. The maximum atomic E-state index is 11.2. The lowest BCUT2D eigenvalue weighted by Gasteiger charge is -2.23. The number of nitrogens with zero attached hydrogens (tertiary/aromatic N) is 3. The molecule has 36 heavy (non-hydrogen) atoms. The lowest BCUT2D eigenvalue weighted by Crippen LogP contribution is -2.44. The lowest BCUT2D eigenvalue weighted by atomic mass is 10.2. The Kier molecular flexibility index (Phi) is 12.6. The van der Waals surface area contributed by atoms with E-state index in [9.17, 15) is 28.8 Å². The van der Waals surface area contributed by atoms with Gasteiger partial charge in [-0.2, -0.15) is 0 Å². The Morgan fingerprint density at radius 3 is 1.36 bits per heavy atom. The van der Waals surface area contributed by atoms with E-state index in [-0.39, 0.29) is 29.8 Å². The molecular formula is C24H40N6O6. The Bertz CT molecular complexity index is 829. The van der Waals surface area contributed by atoms with Crippen LogP contribution in [0.3, 0.4) is 0 Å². The Hall–Kier alpha value is -3.44. The number of likely N-dealkylation sites (tertiary alicyclic amines) is 3. The number of nitrogens with two attached hydrogens (primary N) is 3. The average Bonchev–Trinajstić information content (AvgIpc) is 3.54. The normalized spacial score (nSPS) is 19.4. The van der Waals surface area contributed by atoms with Gasteiger partial charge >= 0.3 is 0 Å². The second-order valence-corrected chi connectivity index (χ2v) is 8.72. The van der Waals surface area contributed by atoms with E-state index in [1.807, 2.05) is 13.8 Å². The standard InChI is InChI=1S/2C8H14N2O2.C8H12N2O2/c3*1-2-6(8(9)12)10-5-3-4-7(10)11/h2*6H,2-5H2,1H3,(H2,9,12);2H,3-5H2,1H3,(H2,9,12). The summed E-state index contributed by atoms with van der Waals surface area (Å²) in [6.07, 6.45) is 6.94. The molecule has 0 aromatic carbocycles. The SMILES string of the molecule is CC=C(C(N)=O)N1CCCC1=O.CCC(C(N)=O)N1CCCC1=O.CCC(C(N)=O)N1CCCC1=O. The summed E-state index contributed by atoms with van der Waals surface area (Å²) >= 11 is 0. The largest absolute Gasteiger partial charge is 0.368 e. The predicted octanol–water partition coefficient (Wildman–Crippen LogP) is -0.257. The zero-order chi connectivity index (χ0) is 27.4. The molecule has 6 N–H and O–H groups in total. The van der Waals surface area contributed by atoms with Crippen LogP contribution >= 0.6 is 0 Å². The Labute approximate surface area is 212 Å². The van der Waals surface area contributed by atoms with Crippen molar-refractivity contribution in [2.75, 3.05) is 19.6 Å². The van der Waals surface area contributed by atoms with E-state index in [1.54, 1.807) is 22.8 Å². The third-order valence-electron chi connectivity index (χ3n) is 6.29. The summed E-state index contributed by atoms with van der Waals surface area (Å²) in [4.78, 5) is 70.8. The van der Waals surface area contributed by atoms with Gasteiger partial charge in [0.1, 0.15) is 17.8 Å². The van der Waals surface area contributed by atoms with Crippen molar-refractivity contribution >= 4 is 35.4 Å². The molecule has 202 valence electrons. The summed E-state index contributed by atoms with van der Waals surface area (Å²) in [6.45, 7) is 7.40. The second kappa shape index (κ2) is 14.8. The van der Waals surface area contributed by atoms with Crippen molar-refractivity contribution < 1.29 is 28.8 Å². The molecule has 2 unspecified atom stereocenters. The van der Waals surface area contributed by atoms with Crippen LogP contribution in [0, 0.1) is 0 Å². The van der Waals surface area contributed by atoms with Crippen LogP contribution in [0.25, 0.3) is 0 Å². The molecule has 3 rings (SSSR count). The van der Waals surface area contributed by atoms with Gasteiger partial charge in [0.2, 0.25) is 29.5 Å². The molecule has 3 heterocycles. The summed E-state index contributed by atoms with van der Waals surface area (Å²) in [5.74, 6) is -1.23. The van der Waals surface area contributed by atoms with E-state index < -0.39 is 17.7 Å². The van der Waals surface area contributed by atoms with Crippen molar-refractivity contribution in [3.8, 4) is 0 Å². The highest BCUT2D eigenvalue weighted by Crippen LogP contribution is 2.17. The Morgan fingerprint density at radius 1 is 0.750 bits per heavy atom. The lowest BCUT2D eigenvalue weighted by molar-refractivity contribution is -0.136. The molecule has 12 nitrogen and oxygen atoms in total. The average molecular weight is 509 g/mol. The van der Waals surface area contributed by atoms with Crippen LogP contribution in [0.4, 0.5) is 0 Å². The summed E-state index contributed by atoms with van der Waals surface area (Å²) in [5, 5.41) is 0. The minimum atomic E-state index is -0.534. The molecule has 6 amide bonds. The number of carbonyl (C=O) groups excluding carboxylic acids is 6. The third kappa shape index (κ3) is 8.35. The first kappa shape index (κ1) is 30.6. The summed E-state index contributed by atoms with van der Waals surface area (Å²) in [5.41, 5.74) is 15.7. The molecule has 12 heteroatoms. The van der Waals surface area contributed by atoms with E-state index in [0.717, 1.165) is 19.3 Å². The van der Waals surface area contributed by atoms with Crippen LogP contribution < -0.4 is 17.2 Å². The molecule has 0 spiro atoms. The first-order chi connectivity index (χ1) is 17.0. The van der Waals surface area contributed by atoms with Crippen molar-refractivity contribution in [3.05, 3.63) is 11.8 Å². The van der Waals surface area contributed by atoms with E-state index in [4.69, 9.17) is 17.2 Å². The molecule has 0 aromatic rings. The van der Waals surface area contributed by atoms with E-state index in [0.29, 0.717) is 57.4 Å². The van der Waals surface area contributed by atoms with Gasteiger partial charge in [0.15, 0.2) is 0 Å². The minimum absolute atomic E-state index is 0.0121. The van der Waals surface area contributed by atoms with Gasteiger partial charge in [-0.05, 0) is 39.0 Å². The van der Waals surface area contributed by atoms with Crippen LogP contribution in [0.2, 0.25) is 0 Å². The van der Waals surface area contributed by atoms with Crippen LogP contribution in [-0.2, 0) is 28.8 Å². The van der Waals surface area contributed by atoms with Crippen LogP contribution in [0.5, 0.6) is 0 Å². The second-order valence-electron chi connectivity index (χ2n) is 8.72. The highest BCUT2D eigenvalue weighted by Gasteiger charge is 2.31. The molecular weight excluding hydrogens is 468 g/mol. The number of allylic oxidation sites excluding steroid dienone is 1. The van der Waals surface area contributed by atoms with Crippen LogP contribution in [-0.4, -0.2) is 81.9 Å². The molecule has 0 aromatic heterocycles. The molecule has 3 fully saturated rings. The van der Waals surface area contributed by atoms with Crippen molar-refractivity contribution in [1.82, 2.24) is 14.7 Å². The molecule has 3 saturated heterocycles. The molecule has 0 radical (unpaired) electrons. The number of carbonyl (C=O) groups is 6. The van der Waals surface area contributed by atoms with Crippen molar-refractivity contribution in [3.63, 3.8) is 0 Å². The fourth-order valence-corrected chi connectivity index (χ4v) is 4.48. The van der Waals surface area contributed by atoms with E-state index in [1.165, 1.54) is 4.90 Å². The summed E-state index contributed by atoms with van der Waals surface area (Å²) < 4.78 is 0. The third-order valence-corrected chi connectivity index (χ3v) is 6.29. The topological polar surface area (TPSA) is 190 Å². The Balaban J connectivity index is 0.000000270. The molecule has 0 aliphatic carbocycles. The smallest absolute Gasteiger partial charge is 0.265 e. The van der Waals surface area contributed by atoms with Gasteiger partial charge in [-0.1, -0.05) is 19.9 Å².